The van der Waals surface area contributed by atoms with Crippen molar-refractivity contribution in [3.05, 3.63) is 60.3 Å². The van der Waals surface area contributed by atoms with Crippen molar-refractivity contribution < 1.29 is 14.4 Å². The number of nitrogens with zero attached hydrogens (tertiary/aromatic N) is 3. The molecule has 0 atom stereocenters. The number of hydrogen-bond donors (Lipinski definition) is 2. The summed E-state index contributed by atoms with van der Waals surface area (Å²) < 4.78 is 13.9. The minimum absolute atomic E-state index is 0.415. The molecule has 3 heterocycles. The van der Waals surface area contributed by atoms with E-state index in [1.165, 1.54) is 25.7 Å². The van der Waals surface area contributed by atoms with E-state index in [0.717, 1.165) is 17.8 Å². The van der Waals surface area contributed by atoms with E-state index in [1.807, 2.05) is 47.0 Å². The van der Waals surface area contributed by atoms with Crippen LogP contribution in [0.15, 0.2) is 64.6 Å². The third-order valence-corrected chi connectivity index (χ3v) is 5.65. The summed E-state index contributed by atoms with van der Waals surface area (Å²) in [4.78, 5) is 4.45. The van der Waals surface area contributed by atoms with Crippen LogP contribution in [-0.2, 0) is 0 Å². The first-order valence-electron chi connectivity index (χ1n) is 10.4. The fourth-order valence-corrected chi connectivity index (χ4v) is 4.08. The van der Waals surface area contributed by atoms with Crippen LogP contribution in [0.2, 0.25) is 0 Å². The largest absolute Gasteiger partial charge is 0.492 e. The summed E-state index contributed by atoms with van der Waals surface area (Å²) in [6, 6.07) is 13.8. The highest BCUT2D eigenvalue weighted by atomic mass is 16.5. The van der Waals surface area contributed by atoms with Crippen LogP contribution >= 0.6 is 0 Å². The van der Waals surface area contributed by atoms with E-state index in [2.05, 4.69) is 15.5 Å². The molecule has 1 saturated carbocycles. The number of nitrogens with one attached hydrogen (secondary N) is 1. The molecule has 0 saturated heterocycles. The molecular weight excluding hydrogens is 380 g/mol. The highest BCUT2D eigenvalue weighted by Crippen LogP contribution is 2.24. The summed E-state index contributed by atoms with van der Waals surface area (Å²) in [5, 5.41) is 17.7. The summed E-state index contributed by atoms with van der Waals surface area (Å²) in [5.41, 5.74) is 2.29. The number of benzene rings is 1. The van der Waals surface area contributed by atoms with Crippen LogP contribution in [0.3, 0.4) is 0 Å². The molecule has 2 N–H and O–H groups in total. The molecule has 0 aliphatic heterocycles. The van der Waals surface area contributed by atoms with Crippen molar-refractivity contribution in [2.75, 3.05) is 13.2 Å². The number of aromatic nitrogens is 2. The first-order chi connectivity index (χ1) is 14.8. The molecule has 154 valence electrons. The van der Waals surface area contributed by atoms with Crippen molar-refractivity contribution in [2.24, 2.45) is 5.16 Å². The smallest absolute Gasteiger partial charge is 0.155 e. The van der Waals surface area contributed by atoms with Gasteiger partial charge in [-0.2, -0.15) is 0 Å². The predicted molar refractivity (Wildman–Crippen MR) is 114 cm³/mol. The van der Waals surface area contributed by atoms with Gasteiger partial charge >= 0.3 is 0 Å². The molecule has 1 fully saturated rings. The molecule has 30 heavy (non-hydrogen) atoms. The third kappa shape index (κ3) is 3.76. The normalized spacial score (nSPS) is 15.4. The van der Waals surface area contributed by atoms with Crippen LogP contribution in [0.1, 0.15) is 25.7 Å². The minimum Gasteiger partial charge on any atom is -0.492 e. The van der Waals surface area contributed by atoms with Crippen LogP contribution in [0.4, 0.5) is 0 Å². The van der Waals surface area contributed by atoms with Gasteiger partial charge in [-0.15, -0.1) is 0 Å². The maximum Gasteiger partial charge on any atom is 0.155 e. The van der Waals surface area contributed by atoms with Crippen molar-refractivity contribution in [3.8, 4) is 17.2 Å². The lowest BCUT2D eigenvalue weighted by atomic mass is 10.2. The van der Waals surface area contributed by atoms with E-state index in [9.17, 15) is 5.21 Å². The van der Waals surface area contributed by atoms with E-state index in [0.29, 0.717) is 40.4 Å². The maximum absolute atomic E-state index is 9.58. The zero-order valence-corrected chi connectivity index (χ0v) is 16.6. The second-order valence-electron chi connectivity index (χ2n) is 7.65. The zero-order chi connectivity index (χ0) is 20.3. The highest BCUT2D eigenvalue weighted by molar-refractivity contribution is 5.80. The van der Waals surface area contributed by atoms with Gasteiger partial charge in [-0.3, -0.25) is 0 Å². The van der Waals surface area contributed by atoms with Gasteiger partial charge in [0.2, 0.25) is 0 Å². The summed E-state index contributed by atoms with van der Waals surface area (Å²) >= 11 is 0. The van der Waals surface area contributed by atoms with E-state index >= 15 is 0 Å². The molecule has 1 aromatic carbocycles. The third-order valence-electron chi connectivity index (χ3n) is 5.65. The Balaban J connectivity index is 1.38. The van der Waals surface area contributed by atoms with Crippen LogP contribution in [0.5, 0.6) is 5.75 Å². The lowest BCUT2D eigenvalue weighted by molar-refractivity contribution is 0.301. The monoisotopic (exact) mass is 404 g/mol. The van der Waals surface area contributed by atoms with Gasteiger partial charge in [-0.25, -0.2) is 4.98 Å². The fourth-order valence-electron chi connectivity index (χ4n) is 4.08. The Morgan fingerprint density at radius 3 is 2.97 bits per heavy atom. The first kappa shape index (κ1) is 18.7. The van der Waals surface area contributed by atoms with Gasteiger partial charge in [-0.1, -0.05) is 18.0 Å². The standard InChI is InChI=1S/C23H24N4O3/c28-26-20-14-23(21-12-17-6-3-10-27(17)15-25-21)30-22-8-7-18(13-19(20)22)29-11-9-24-16-4-1-2-5-16/h3,6-8,10,12-16,24,28H,1-2,4-5,9,11H2. The fraction of sp³-hybridized carbons (Fsp3) is 0.304. The predicted octanol–water partition coefficient (Wildman–Crippen LogP) is 3.95. The van der Waals surface area contributed by atoms with Gasteiger partial charge < -0.3 is 24.1 Å². The van der Waals surface area contributed by atoms with Crippen LogP contribution in [0, 0.1) is 0 Å². The molecule has 1 aliphatic rings. The number of hydrogen-bond acceptors (Lipinski definition) is 6. The van der Waals surface area contributed by atoms with Gasteiger partial charge in [0.25, 0.3) is 0 Å². The van der Waals surface area contributed by atoms with E-state index in [1.54, 1.807) is 12.4 Å². The lowest BCUT2D eigenvalue weighted by Crippen LogP contribution is -2.30. The molecule has 4 aromatic rings. The molecular formula is C23H24N4O3. The molecule has 7 nitrogen and oxygen atoms in total. The van der Waals surface area contributed by atoms with E-state index in [4.69, 9.17) is 9.15 Å². The van der Waals surface area contributed by atoms with Crippen molar-refractivity contribution in [2.45, 2.75) is 31.7 Å². The summed E-state index contributed by atoms with van der Waals surface area (Å²) in [7, 11) is 0. The van der Waals surface area contributed by atoms with Crippen LogP contribution in [-0.4, -0.2) is 33.8 Å². The molecule has 1 aliphatic carbocycles. The second-order valence-corrected chi connectivity index (χ2v) is 7.65. The van der Waals surface area contributed by atoms with Crippen LogP contribution < -0.4 is 15.4 Å². The molecule has 0 unspecified atom stereocenters. The summed E-state index contributed by atoms with van der Waals surface area (Å²) in [6.45, 7) is 1.40. The summed E-state index contributed by atoms with van der Waals surface area (Å²) in [5.74, 6) is 1.25. The molecule has 3 aromatic heterocycles. The first-order valence-corrected chi connectivity index (χ1v) is 10.4. The maximum atomic E-state index is 9.58. The Morgan fingerprint density at radius 2 is 2.10 bits per heavy atom. The van der Waals surface area contributed by atoms with Crippen molar-refractivity contribution in [1.82, 2.24) is 14.7 Å². The second kappa shape index (κ2) is 8.20. The molecule has 0 spiro atoms. The Labute approximate surface area is 173 Å². The average molecular weight is 404 g/mol. The van der Waals surface area contributed by atoms with E-state index in [-0.39, 0.29) is 0 Å². The molecule has 7 heteroatoms. The molecule has 0 amide bonds. The lowest BCUT2D eigenvalue weighted by Gasteiger charge is -2.12. The Morgan fingerprint density at radius 1 is 1.20 bits per heavy atom. The van der Waals surface area contributed by atoms with Gasteiger partial charge in [0.15, 0.2) is 5.76 Å². The van der Waals surface area contributed by atoms with Crippen molar-refractivity contribution in [1.29, 1.82) is 0 Å². The Kier molecular flexibility index (Phi) is 5.11. The minimum atomic E-state index is 0.415. The van der Waals surface area contributed by atoms with Gasteiger partial charge in [0.05, 0.1) is 11.7 Å². The number of ether oxygens (including phenoxy) is 1. The number of rotatable bonds is 6. The topological polar surface area (TPSA) is 84.3 Å². The average Bonchev–Trinajstić information content (AvgIpc) is 3.47. The molecule has 5 rings (SSSR count). The Hall–Kier alpha value is -3.32. The summed E-state index contributed by atoms with van der Waals surface area (Å²) in [6.07, 6.45) is 8.81. The van der Waals surface area contributed by atoms with Crippen molar-refractivity contribution >= 4 is 16.5 Å². The van der Waals surface area contributed by atoms with Gasteiger partial charge in [0, 0.05) is 30.4 Å². The van der Waals surface area contributed by atoms with Gasteiger partial charge in [0.1, 0.15) is 29.0 Å². The van der Waals surface area contributed by atoms with Gasteiger partial charge in [-0.05, 0) is 49.2 Å². The molecule has 0 bridgehead atoms. The quantitative estimate of drug-likeness (QED) is 0.289. The SMILES string of the molecule is ON=c1cc(-c2cc3cccn3cn2)oc2ccc(OCCNC3CCCC3)cc12. The highest BCUT2D eigenvalue weighted by Gasteiger charge is 2.13. The van der Waals surface area contributed by atoms with Crippen molar-refractivity contribution in [3.63, 3.8) is 0 Å². The Bertz CT molecular complexity index is 1240. The van der Waals surface area contributed by atoms with E-state index < -0.39 is 0 Å². The molecule has 0 radical (unpaired) electrons. The zero-order valence-electron chi connectivity index (χ0n) is 16.6. The van der Waals surface area contributed by atoms with Crippen LogP contribution in [0.25, 0.3) is 27.9 Å². The number of fused-ring (bicyclic) bond motifs is 2.